The van der Waals surface area contributed by atoms with E-state index in [0.29, 0.717) is 28.8 Å². The van der Waals surface area contributed by atoms with Crippen LogP contribution in [0.4, 0.5) is 11.4 Å². The molecule has 0 spiro atoms. The van der Waals surface area contributed by atoms with Gasteiger partial charge in [-0.05, 0) is 82.6 Å². The number of hydrogen-bond acceptors (Lipinski definition) is 5. The van der Waals surface area contributed by atoms with E-state index >= 15 is 0 Å². The van der Waals surface area contributed by atoms with E-state index in [1.807, 2.05) is 50.2 Å². The molecule has 0 bridgehead atoms. The number of nitrogens with one attached hydrogen (secondary N) is 1. The summed E-state index contributed by atoms with van der Waals surface area (Å²) in [4.78, 5) is 11.7. The number of halogens is 2. The summed E-state index contributed by atoms with van der Waals surface area (Å²) in [7, 11) is 1.61. The maximum absolute atomic E-state index is 12.0. The summed E-state index contributed by atoms with van der Waals surface area (Å²) in [6, 6.07) is 13.0. The lowest BCUT2D eigenvalue weighted by Crippen LogP contribution is -2.30. The van der Waals surface area contributed by atoms with Crippen molar-refractivity contribution in [1.29, 1.82) is 0 Å². The molecule has 1 heterocycles. The number of hydrogen-bond donors (Lipinski definition) is 1. The number of nitrogens with zero attached hydrogens (tertiary/aromatic N) is 1. The Morgan fingerprint density at radius 2 is 2.00 bits per heavy atom. The standard InChI is InChI=1S/C28H26BrClN2O4/c1-15-11-23(32(33)34)27-25(16(15)2)19-8-6-9-20(19)26(31-27)18-12-21(29)28(24(13-18)35-3)36-14-17-7-4-5-10-22(17)30/h4-8,10-13,19-20,26,31H,9,14H2,1-3H3/t19-,20+,26+/m1/s1. The highest BCUT2D eigenvalue weighted by Crippen LogP contribution is 2.54. The zero-order valence-electron chi connectivity index (χ0n) is 20.2. The van der Waals surface area contributed by atoms with Gasteiger partial charge in [-0.2, -0.15) is 0 Å². The van der Waals surface area contributed by atoms with Gasteiger partial charge in [0.15, 0.2) is 11.5 Å². The van der Waals surface area contributed by atoms with E-state index in [1.165, 1.54) is 0 Å². The largest absolute Gasteiger partial charge is 0.493 e. The van der Waals surface area contributed by atoms with Crippen molar-refractivity contribution in [2.45, 2.75) is 38.8 Å². The highest BCUT2D eigenvalue weighted by molar-refractivity contribution is 9.10. The lowest BCUT2D eigenvalue weighted by atomic mass is 9.74. The lowest BCUT2D eigenvalue weighted by molar-refractivity contribution is -0.384. The summed E-state index contributed by atoms with van der Waals surface area (Å²) < 4.78 is 12.6. The fourth-order valence-corrected chi connectivity index (χ4v) is 6.14. The number of rotatable bonds is 6. The van der Waals surface area contributed by atoms with E-state index in [0.717, 1.165) is 38.7 Å². The topological polar surface area (TPSA) is 73.6 Å². The molecular weight excluding hydrogens is 544 g/mol. The van der Waals surface area contributed by atoms with Crippen LogP contribution in [0.15, 0.2) is 59.1 Å². The van der Waals surface area contributed by atoms with Crippen LogP contribution >= 0.6 is 27.5 Å². The Kier molecular flexibility index (Phi) is 6.70. The number of fused-ring (bicyclic) bond motifs is 3. The van der Waals surface area contributed by atoms with Crippen LogP contribution in [0.2, 0.25) is 5.02 Å². The van der Waals surface area contributed by atoms with E-state index < -0.39 is 0 Å². The molecule has 0 radical (unpaired) electrons. The molecular formula is C28H26BrClN2O4. The first-order chi connectivity index (χ1) is 17.3. The minimum atomic E-state index is -0.295. The van der Waals surface area contributed by atoms with Gasteiger partial charge in [-0.25, -0.2) is 0 Å². The molecule has 0 unspecified atom stereocenters. The Morgan fingerprint density at radius 1 is 1.22 bits per heavy atom. The van der Waals surface area contributed by atoms with Gasteiger partial charge in [0.25, 0.3) is 5.69 Å². The molecule has 36 heavy (non-hydrogen) atoms. The first kappa shape index (κ1) is 24.7. The van der Waals surface area contributed by atoms with E-state index in [2.05, 4.69) is 33.4 Å². The van der Waals surface area contributed by atoms with E-state index in [4.69, 9.17) is 21.1 Å². The first-order valence-electron chi connectivity index (χ1n) is 11.8. The molecule has 0 aromatic heterocycles. The van der Waals surface area contributed by atoms with Crippen molar-refractivity contribution in [3.05, 3.63) is 102 Å². The van der Waals surface area contributed by atoms with Crippen LogP contribution in [0.1, 0.15) is 46.2 Å². The van der Waals surface area contributed by atoms with Gasteiger partial charge >= 0.3 is 0 Å². The van der Waals surface area contributed by atoms with Gasteiger partial charge in [-0.3, -0.25) is 10.1 Å². The van der Waals surface area contributed by atoms with E-state index in [-0.39, 0.29) is 28.5 Å². The fourth-order valence-electron chi connectivity index (χ4n) is 5.38. The molecule has 8 heteroatoms. The van der Waals surface area contributed by atoms with Crippen molar-refractivity contribution in [2.75, 3.05) is 12.4 Å². The average molecular weight is 570 g/mol. The molecule has 186 valence electrons. The van der Waals surface area contributed by atoms with E-state index in [9.17, 15) is 10.1 Å². The van der Waals surface area contributed by atoms with Crippen LogP contribution in [0.5, 0.6) is 11.5 Å². The predicted octanol–water partition coefficient (Wildman–Crippen LogP) is 8.04. The summed E-state index contributed by atoms with van der Waals surface area (Å²) in [5.41, 5.74) is 5.63. The number of benzene rings is 3. The molecule has 6 nitrogen and oxygen atoms in total. The zero-order chi connectivity index (χ0) is 25.6. The highest BCUT2D eigenvalue weighted by Gasteiger charge is 2.42. The van der Waals surface area contributed by atoms with Crippen molar-refractivity contribution in [3.63, 3.8) is 0 Å². The second kappa shape index (κ2) is 9.79. The van der Waals surface area contributed by atoms with Crippen molar-refractivity contribution in [1.82, 2.24) is 0 Å². The molecule has 3 atom stereocenters. The summed E-state index contributed by atoms with van der Waals surface area (Å²) in [5, 5.41) is 16.2. The molecule has 1 N–H and O–H groups in total. The highest BCUT2D eigenvalue weighted by atomic mass is 79.9. The van der Waals surface area contributed by atoms with Crippen LogP contribution in [0.3, 0.4) is 0 Å². The normalized spacial score (nSPS) is 19.9. The smallest absolute Gasteiger partial charge is 0.292 e. The number of methoxy groups -OCH3 is 1. The Balaban J connectivity index is 1.53. The molecule has 0 saturated carbocycles. The molecule has 2 aliphatic rings. The number of nitro groups is 1. The minimum absolute atomic E-state index is 0.103. The van der Waals surface area contributed by atoms with E-state index in [1.54, 1.807) is 13.2 Å². The Hall–Kier alpha value is -3.03. The van der Waals surface area contributed by atoms with Gasteiger partial charge in [-0.1, -0.05) is 42.0 Å². The Morgan fingerprint density at radius 3 is 2.72 bits per heavy atom. The van der Waals surface area contributed by atoms with Crippen LogP contribution in [0.25, 0.3) is 0 Å². The Bertz CT molecular complexity index is 1390. The molecule has 1 aliphatic carbocycles. The second-order valence-electron chi connectivity index (χ2n) is 9.27. The zero-order valence-corrected chi connectivity index (χ0v) is 22.5. The average Bonchev–Trinajstić information content (AvgIpc) is 3.35. The van der Waals surface area contributed by atoms with Crippen molar-refractivity contribution in [3.8, 4) is 11.5 Å². The van der Waals surface area contributed by atoms with Crippen molar-refractivity contribution in [2.24, 2.45) is 5.92 Å². The number of allylic oxidation sites excluding steroid dienone is 2. The predicted molar refractivity (Wildman–Crippen MR) is 145 cm³/mol. The maximum atomic E-state index is 12.0. The van der Waals surface area contributed by atoms with Gasteiger partial charge in [0.1, 0.15) is 12.3 Å². The SMILES string of the molecule is COc1cc([C@@H]2Nc3c([N+](=O)[O-])cc(C)c(C)c3[C@@H]3C=CC[C@@H]32)cc(Br)c1OCc1ccccc1Cl. The molecule has 3 aromatic carbocycles. The third-order valence-corrected chi connectivity index (χ3v) is 8.24. The van der Waals surface area contributed by atoms with Crippen molar-refractivity contribution >= 4 is 38.9 Å². The molecule has 3 aromatic rings. The van der Waals surface area contributed by atoms with Gasteiger partial charge in [0.2, 0.25) is 0 Å². The Labute approximate surface area is 223 Å². The van der Waals surface area contributed by atoms with Gasteiger partial charge in [-0.15, -0.1) is 0 Å². The first-order valence-corrected chi connectivity index (χ1v) is 12.9. The quantitative estimate of drug-likeness (QED) is 0.185. The van der Waals surface area contributed by atoms with Crippen LogP contribution in [0, 0.1) is 29.9 Å². The third-order valence-electron chi connectivity index (χ3n) is 7.29. The molecule has 5 rings (SSSR count). The van der Waals surface area contributed by atoms with Crippen molar-refractivity contribution < 1.29 is 14.4 Å². The third kappa shape index (κ3) is 4.24. The lowest BCUT2D eigenvalue weighted by Gasteiger charge is -2.38. The van der Waals surface area contributed by atoms with Gasteiger partial charge < -0.3 is 14.8 Å². The summed E-state index contributed by atoms with van der Waals surface area (Å²) in [6.45, 7) is 4.28. The summed E-state index contributed by atoms with van der Waals surface area (Å²) in [5.74, 6) is 1.49. The molecule has 0 fully saturated rings. The molecule has 0 saturated heterocycles. The van der Waals surface area contributed by atoms with Gasteiger partial charge in [0, 0.05) is 22.6 Å². The molecule has 1 aliphatic heterocycles. The number of anilines is 1. The van der Waals surface area contributed by atoms with Gasteiger partial charge in [0.05, 0.1) is 22.5 Å². The van der Waals surface area contributed by atoms with Crippen LogP contribution in [-0.4, -0.2) is 12.0 Å². The number of aryl methyl sites for hydroxylation is 1. The number of ether oxygens (including phenoxy) is 2. The monoisotopic (exact) mass is 568 g/mol. The number of nitro benzene ring substituents is 1. The summed E-state index contributed by atoms with van der Waals surface area (Å²) >= 11 is 9.97. The summed E-state index contributed by atoms with van der Waals surface area (Å²) in [6.07, 6.45) is 5.26. The molecule has 0 amide bonds. The fraction of sp³-hybridized carbons (Fsp3) is 0.286. The minimum Gasteiger partial charge on any atom is -0.493 e. The maximum Gasteiger partial charge on any atom is 0.292 e. The van der Waals surface area contributed by atoms with Crippen LogP contribution < -0.4 is 14.8 Å². The second-order valence-corrected chi connectivity index (χ2v) is 10.5. The van der Waals surface area contributed by atoms with Crippen LogP contribution in [-0.2, 0) is 6.61 Å².